The molecular weight excluding hydrogens is 424 g/mol. The maximum absolute atomic E-state index is 13.1. The zero-order chi connectivity index (χ0) is 22.5. The van der Waals surface area contributed by atoms with Gasteiger partial charge < -0.3 is 15.5 Å². The van der Waals surface area contributed by atoms with E-state index in [1.807, 2.05) is 24.4 Å². The summed E-state index contributed by atoms with van der Waals surface area (Å²) in [5.41, 5.74) is 2.06. The van der Waals surface area contributed by atoms with Crippen molar-refractivity contribution in [2.45, 2.75) is 19.8 Å². The summed E-state index contributed by atoms with van der Waals surface area (Å²) in [5, 5.41) is 7.52. The van der Waals surface area contributed by atoms with Crippen molar-refractivity contribution in [2.24, 2.45) is 5.92 Å². The van der Waals surface area contributed by atoms with Crippen LogP contribution in [0.25, 0.3) is 0 Å². The van der Waals surface area contributed by atoms with Crippen molar-refractivity contribution < 1.29 is 14.4 Å². The molecule has 7 nitrogen and oxygen atoms in total. The van der Waals surface area contributed by atoms with E-state index in [2.05, 4.69) is 15.6 Å². The van der Waals surface area contributed by atoms with Crippen LogP contribution in [0.2, 0.25) is 0 Å². The number of amides is 3. The van der Waals surface area contributed by atoms with Gasteiger partial charge in [0.05, 0.1) is 10.8 Å². The zero-order valence-electron chi connectivity index (χ0n) is 17.7. The van der Waals surface area contributed by atoms with Gasteiger partial charge in [0.15, 0.2) is 0 Å². The number of piperidine rings is 1. The van der Waals surface area contributed by atoms with E-state index in [4.69, 9.17) is 0 Å². The van der Waals surface area contributed by atoms with E-state index in [1.165, 1.54) is 11.3 Å². The Morgan fingerprint density at radius 2 is 1.97 bits per heavy atom. The zero-order valence-corrected chi connectivity index (χ0v) is 18.5. The highest BCUT2D eigenvalue weighted by Crippen LogP contribution is 2.22. The molecule has 8 heteroatoms. The minimum absolute atomic E-state index is 0.129. The van der Waals surface area contributed by atoms with Gasteiger partial charge in [-0.25, -0.2) is 4.98 Å². The molecule has 1 aromatic carbocycles. The first kappa shape index (κ1) is 21.7. The van der Waals surface area contributed by atoms with Crippen molar-refractivity contribution in [3.8, 4) is 0 Å². The SMILES string of the molecule is Cc1ccc(NC(=O)C2CCCN(C(=O)c3cccc(NC(=O)c4cccs4)c3)C2)nc1. The Balaban J connectivity index is 1.40. The number of hydrogen-bond donors (Lipinski definition) is 2. The molecular formula is C24H24N4O3S. The molecule has 3 aromatic rings. The predicted molar refractivity (Wildman–Crippen MR) is 125 cm³/mol. The molecule has 164 valence electrons. The van der Waals surface area contributed by atoms with E-state index in [-0.39, 0.29) is 23.6 Å². The summed E-state index contributed by atoms with van der Waals surface area (Å²) in [6.45, 7) is 2.88. The van der Waals surface area contributed by atoms with Gasteiger partial charge in [-0.3, -0.25) is 14.4 Å². The van der Waals surface area contributed by atoms with Gasteiger partial charge in [0.2, 0.25) is 5.91 Å². The van der Waals surface area contributed by atoms with Gasteiger partial charge in [0, 0.05) is 30.5 Å². The number of benzene rings is 1. The quantitative estimate of drug-likeness (QED) is 0.612. The van der Waals surface area contributed by atoms with Crippen molar-refractivity contribution in [3.63, 3.8) is 0 Å². The summed E-state index contributed by atoms with van der Waals surface area (Å²) < 4.78 is 0. The van der Waals surface area contributed by atoms with Crippen LogP contribution in [0.3, 0.4) is 0 Å². The van der Waals surface area contributed by atoms with E-state index in [0.29, 0.717) is 35.0 Å². The van der Waals surface area contributed by atoms with Gasteiger partial charge in [0.1, 0.15) is 5.82 Å². The summed E-state index contributed by atoms with van der Waals surface area (Å²) in [6, 6.07) is 14.1. The van der Waals surface area contributed by atoms with Crippen molar-refractivity contribution in [1.82, 2.24) is 9.88 Å². The minimum Gasteiger partial charge on any atom is -0.338 e. The smallest absolute Gasteiger partial charge is 0.265 e. The third kappa shape index (κ3) is 5.20. The topological polar surface area (TPSA) is 91.4 Å². The molecule has 3 heterocycles. The summed E-state index contributed by atoms with van der Waals surface area (Å²) in [7, 11) is 0. The van der Waals surface area contributed by atoms with Crippen LogP contribution in [-0.4, -0.2) is 40.7 Å². The number of thiophene rings is 1. The molecule has 0 radical (unpaired) electrons. The summed E-state index contributed by atoms with van der Waals surface area (Å²) in [6.07, 6.45) is 3.18. The normalized spacial score (nSPS) is 15.8. The average molecular weight is 449 g/mol. The number of aromatic nitrogens is 1. The van der Waals surface area contributed by atoms with Crippen LogP contribution in [0.1, 0.15) is 38.4 Å². The van der Waals surface area contributed by atoms with Gasteiger partial charge in [0.25, 0.3) is 11.8 Å². The molecule has 32 heavy (non-hydrogen) atoms. The minimum atomic E-state index is -0.294. The highest BCUT2D eigenvalue weighted by molar-refractivity contribution is 7.12. The van der Waals surface area contributed by atoms with Gasteiger partial charge in [-0.2, -0.15) is 0 Å². The second-order valence-corrected chi connectivity index (χ2v) is 8.76. The molecule has 2 N–H and O–H groups in total. The third-order valence-electron chi connectivity index (χ3n) is 5.35. The van der Waals surface area contributed by atoms with Crippen LogP contribution < -0.4 is 10.6 Å². The van der Waals surface area contributed by atoms with Gasteiger partial charge in [-0.1, -0.05) is 18.2 Å². The number of rotatable bonds is 5. The molecule has 0 aliphatic carbocycles. The monoisotopic (exact) mass is 448 g/mol. The van der Waals surface area contributed by atoms with Crippen molar-refractivity contribution in [1.29, 1.82) is 0 Å². The van der Waals surface area contributed by atoms with Crippen LogP contribution >= 0.6 is 11.3 Å². The third-order valence-corrected chi connectivity index (χ3v) is 6.22. The van der Waals surface area contributed by atoms with E-state index in [1.54, 1.807) is 47.5 Å². The lowest BCUT2D eigenvalue weighted by Crippen LogP contribution is -2.43. The Labute approximate surface area is 190 Å². The molecule has 0 saturated carbocycles. The number of likely N-dealkylation sites (tertiary alicyclic amines) is 1. The Morgan fingerprint density at radius 1 is 1.09 bits per heavy atom. The maximum Gasteiger partial charge on any atom is 0.265 e. The second-order valence-electron chi connectivity index (χ2n) is 7.81. The molecule has 3 amide bonds. The summed E-state index contributed by atoms with van der Waals surface area (Å²) >= 11 is 1.36. The fraction of sp³-hybridized carbons (Fsp3) is 0.250. The molecule has 4 rings (SSSR count). The predicted octanol–water partition coefficient (Wildman–Crippen LogP) is 4.19. The van der Waals surface area contributed by atoms with Crippen LogP contribution in [0.15, 0.2) is 60.1 Å². The first-order valence-electron chi connectivity index (χ1n) is 10.5. The lowest BCUT2D eigenvalue weighted by atomic mass is 9.96. The van der Waals surface area contributed by atoms with E-state index < -0.39 is 0 Å². The Morgan fingerprint density at radius 3 is 2.72 bits per heavy atom. The standard InChI is InChI=1S/C24H24N4O3S/c1-16-9-10-21(25-14-16)27-22(29)18-6-3-11-28(15-18)24(31)17-5-2-7-19(13-17)26-23(30)20-8-4-12-32-20/h2,4-5,7-10,12-14,18H,3,6,11,15H2,1H3,(H,26,30)(H,25,27,29). The molecule has 1 aliphatic rings. The summed E-state index contributed by atoms with van der Waals surface area (Å²) in [5.74, 6) is -0.265. The average Bonchev–Trinajstić information content (AvgIpc) is 3.36. The molecule has 1 saturated heterocycles. The lowest BCUT2D eigenvalue weighted by molar-refractivity contribution is -0.121. The molecule has 2 aromatic heterocycles. The fourth-order valence-electron chi connectivity index (χ4n) is 3.66. The molecule has 0 spiro atoms. The van der Waals surface area contributed by atoms with E-state index in [9.17, 15) is 14.4 Å². The number of carbonyl (C=O) groups excluding carboxylic acids is 3. The highest BCUT2D eigenvalue weighted by atomic mass is 32.1. The van der Waals surface area contributed by atoms with E-state index in [0.717, 1.165) is 18.4 Å². The fourth-order valence-corrected chi connectivity index (χ4v) is 4.28. The Kier molecular flexibility index (Phi) is 6.61. The van der Waals surface area contributed by atoms with E-state index >= 15 is 0 Å². The number of carbonyl (C=O) groups is 3. The number of nitrogens with one attached hydrogen (secondary N) is 2. The van der Waals surface area contributed by atoms with Crippen molar-refractivity contribution in [3.05, 3.63) is 76.1 Å². The first-order chi connectivity index (χ1) is 15.5. The number of nitrogens with zero attached hydrogens (tertiary/aromatic N) is 2. The highest BCUT2D eigenvalue weighted by Gasteiger charge is 2.29. The molecule has 1 atom stereocenters. The van der Waals surface area contributed by atoms with Crippen LogP contribution in [0, 0.1) is 12.8 Å². The van der Waals surface area contributed by atoms with Crippen molar-refractivity contribution in [2.75, 3.05) is 23.7 Å². The molecule has 1 unspecified atom stereocenters. The molecule has 0 bridgehead atoms. The number of anilines is 2. The number of hydrogen-bond acceptors (Lipinski definition) is 5. The molecule has 1 aliphatic heterocycles. The van der Waals surface area contributed by atoms with Crippen LogP contribution in [0.4, 0.5) is 11.5 Å². The van der Waals surface area contributed by atoms with Crippen molar-refractivity contribution >= 4 is 40.6 Å². The number of aryl methyl sites for hydroxylation is 1. The molecule has 1 fully saturated rings. The maximum atomic E-state index is 13.1. The Bertz CT molecular complexity index is 1110. The van der Waals surface area contributed by atoms with Gasteiger partial charge >= 0.3 is 0 Å². The van der Waals surface area contributed by atoms with Gasteiger partial charge in [-0.05, 0) is 61.0 Å². The van der Waals surface area contributed by atoms with Crippen LogP contribution in [-0.2, 0) is 4.79 Å². The summed E-state index contributed by atoms with van der Waals surface area (Å²) in [4.78, 5) is 44.6. The second kappa shape index (κ2) is 9.74. The Hall–Kier alpha value is -3.52. The largest absolute Gasteiger partial charge is 0.338 e. The number of pyridine rings is 1. The lowest BCUT2D eigenvalue weighted by Gasteiger charge is -2.32. The van der Waals surface area contributed by atoms with Gasteiger partial charge in [-0.15, -0.1) is 11.3 Å². The van der Waals surface area contributed by atoms with Crippen LogP contribution in [0.5, 0.6) is 0 Å². The first-order valence-corrected chi connectivity index (χ1v) is 11.4.